The van der Waals surface area contributed by atoms with Crippen LogP contribution in [0.2, 0.25) is 5.02 Å². The Morgan fingerprint density at radius 1 is 1.12 bits per heavy atom. The van der Waals surface area contributed by atoms with Crippen LogP contribution in [0.5, 0.6) is 0 Å². The van der Waals surface area contributed by atoms with E-state index in [4.69, 9.17) is 16.3 Å². The number of fused-ring (bicyclic) bond motifs is 1. The highest BCUT2D eigenvalue weighted by atomic mass is 35.5. The van der Waals surface area contributed by atoms with Crippen LogP contribution < -0.4 is 0 Å². The van der Waals surface area contributed by atoms with Gasteiger partial charge >= 0.3 is 5.97 Å². The highest BCUT2D eigenvalue weighted by Crippen LogP contribution is 2.28. The largest absolute Gasteiger partial charge is 0.461 e. The van der Waals surface area contributed by atoms with Crippen molar-refractivity contribution in [2.75, 3.05) is 6.61 Å². The predicted octanol–water partition coefficient (Wildman–Crippen LogP) is 4.02. The van der Waals surface area contributed by atoms with Gasteiger partial charge in [-0.2, -0.15) is 0 Å². The molecule has 130 valence electrons. The lowest BCUT2D eigenvalue weighted by Crippen LogP contribution is -2.19. The molecule has 1 aromatic heterocycles. The molecule has 0 aliphatic carbocycles. The van der Waals surface area contributed by atoms with Crippen LogP contribution in [0.15, 0.2) is 53.4 Å². The first-order valence-corrected chi connectivity index (χ1v) is 9.47. The number of rotatable bonds is 4. The Bertz CT molecular complexity index is 1050. The van der Waals surface area contributed by atoms with E-state index in [0.29, 0.717) is 15.9 Å². The van der Waals surface area contributed by atoms with Crippen molar-refractivity contribution >= 4 is 38.5 Å². The van der Waals surface area contributed by atoms with Crippen molar-refractivity contribution in [1.82, 2.24) is 3.97 Å². The van der Waals surface area contributed by atoms with Gasteiger partial charge in [0.25, 0.3) is 10.0 Å². The molecule has 0 aliphatic heterocycles. The van der Waals surface area contributed by atoms with Gasteiger partial charge in [-0.25, -0.2) is 17.2 Å². The second-order valence-electron chi connectivity index (χ2n) is 5.54. The smallest absolute Gasteiger partial charge is 0.356 e. The molecule has 25 heavy (non-hydrogen) atoms. The van der Waals surface area contributed by atoms with Crippen LogP contribution in [0, 0.1) is 6.92 Å². The average Bonchev–Trinajstić information content (AvgIpc) is 2.95. The zero-order valence-electron chi connectivity index (χ0n) is 13.7. The van der Waals surface area contributed by atoms with Crippen LogP contribution in [0.3, 0.4) is 0 Å². The molecule has 2 aromatic carbocycles. The maximum atomic E-state index is 13.2. The zero-order chi connectivity index (χ0) is 18.2. The van der Waals surface area contributed by atoms with Crippen molar-refractivity contribution in [3.8, 4) is 0 Å². The zero-order valence-corrected chi connectivity index (χ0v) is 15.3. The number of nitrogens with zero attached hydrogens (tertiary/aromatic N) is 1. The van der Waals surface area contributed by atoms with Gasteiger partial charge in [0.1, 0.15) is 5.69 Å². The number of halogens is 1. The number of benzene rings is 2. The van der Waals surface area contributed by atoms with Crippen LogP contribution in [0.4, 0.5) is 0 Å². The molecule has 0 N–H and O–H groups in total. The minimum Gasteiger partial charge on any atom is -0.461 e. The summed E-state index contributed by atoms with van der Waals surface area (Å²) in [6.07, 6.45) is 0. The average molecular weight is 378 g/mol. The Balaban J connectivity index is 2.32. The van der Waals surface area contributed by atoms with Crippen molar-refractivity contribution in [3.63, 3.8) is 0 Å². The maximum Gasteiger partial charge on any atom is 0.356 e. The summed E-state index contributed by atoms with van der Waals surface area (Å²) >= 11 is 6.03. The normalized spacial score (nSPS) is 11.6. The first-order valence-electron chi connectivity index (χ1n) is 7.65. The molecule has 0 atom stereocenters. The number of carbonyl (C=O) groups excluding carboxylic acids is 1. The number of carbonyl (C=O) groups is 1. The Kier molecular flexibility index (Phi) is 4.58. The van der Waals surface area contributed by atoms with Crippen LogP contribution in [0.25, 0.3) is 10.9 Å². The molecule has 7 heteroatoms. The predicted molar refractivity (Wildman–Crippen MR) is 96.7 cm³/mol. The highest BCUT2D eigenvalue weighted by Gasteiger charge is 2.27. The topological polar surface area (TPSA) is 65.4 Å². The highest BCUT2D eigenvalue weighted by molar-refractivity contribution is 7.90. The number of hydrogen-bond acceptors (Lipinski definition) is 4. The van der Waals surface area contributed by atoms with E-state index in [0.717, 1.165) is 9.54 Å². The summed E-state index contributed by atoms with van der Waals surface area (Å²) in [5.74, 6) is -0.703. The van der Waals surface area contributed by atoms with E-state index in [1.54, 1.807) is 31.2 Å². The van der Waals surface area contributed by atoms with E-state index < -0.39 is 16.0 Å². The molecule has 0 unspecified atom stereocenters. The second-order valence-corrected chi connectivity index (χ2v) is 7.76. The quantitative estimate of drug-likeness (QED) is 0.644. The van der Waals surface area contributed by atoms with Gasteiger partial charge in [-0.15, -0.1) is 0 Å². The molecular weight excluding hydrogens is 362 g/mol. The first kappa shape index (κ1) is 17.5. The third-order valence-corrected chi connectivity index (χ3v) is 5.74. The van der Waals surface area contributed by atoms with Crippen molar-refractivity contribution in [3.05, 3.63) is 64.8 Å². The van der Waals surface area contributed by atoms with Gasteiger partial charge in [0.05, 0.1) is 17.0 Å². The fourth-order valence-corrected chi connectivity index (χ4v) is 4.23. The minimum atomic E-state index is -3.99. The number of aryl methyl sites for hydroxylation is 1. The molecule has 0 radical (unpaired) electrons. The number of esters is 1. The van der Waals surface area contributed by atoms with Crippen molar-refractivity contribution in [2.45, 2.75) is 18.7 Å². The van der Waals surface area contributed by atoms with Gasteiger partial charge < -0.3 is 4.74 Å². The maximum absolute atomic E-state index is 13.2. The third-order valence-electron chi connectivity index (χ3n) is 3.77. The van der Waals surface area contributed by atoms with Crippen LogP contribution >= 0.6 is 11.6 Å². The van der Waals surface area contributed by atoms with E-state index in [2.05, 4.69) is 0 Å². The van der Waals surface area contributed by atoms with Gasteiger partial charge in [-0.1, -0.05) is 35.4 Å². The molecule has 0 aliphatic rings. The molecule has 0 saturated heterocycles. The molecule has 0 fully saturated rings. The minimum absolute atomic E-state index is 0.0558. The van der Waals surface area contributed by atoms with Crippen LogP contribution in [-0.2, 0) is 14.8 Å². The Morgan fingerprint density at radius 2 is 1.80 bits per heavy atom. The second kappa shape index (κ2) is 6.54. The molecule has 1 heterocycles. The number of ether oxygens (including phenoxy) is 1. The van der Waals surface area contributed by atoms with Gasteiger partial charge in [0.2, 0.25) is 0 Å². The summed E-state index contributed by atoms with van der Waals surface area (Å²) in [7, 11) is -3.99. The van der Waals surface area contributed by atoms with Gasteiger partial charge in [0.15, 0.2) is 0 Å². The third kappa shape index (κ3) is 3.15. The molecule has 0 saturated carbocycles. The summed E-state index contributed by atoms with van der Waals surface area (Å²) in [5.41, 5.74) is 1.21. The van der Waals surface area contributed by atoms with Gasteiger partial charge in [-0.05, 0) is 44.2 Å². The van der Waals surface area contributed by atoms with Crippen LogP contribution in [0.1, 0.15) is 23.0 Å². The number of aromatic nitrogens is 1. The monoisotopic (exact) mass is 377 g/mol. The van der Waals surface area contributed by atoms with E-state index in [-0.39, 0.29) is 17.2 Å². The Morgan fingerprint density at radius 3 is 2.44 bits per heavy atom. The lowest BCUT2D eigenvalue weighted by Gasteiger charge is -2.11. The van der Waals surface area contributed by atoms with E-state index in [9.17, 15) is 13.2 Å². The Labute approximate surface area is 150 Å². The molecule has 0 bridgehead atoms. The summed E-state index contributed by atoms with van der Waals surface area (Å²) < 4.78 is 32.4. The van der Waals surface area contributed by atoms with E-state index in [1.165, 1.54) is 24.3 Å². The van der Waals surface area contributed by atoms with E-state index >= 15 is 0 Å². The van der Waals surface area contributed by atoms with E-state index in [1.807, 2.05) is 6.92 Å². The lowest BCUT2D eigenvalue weighted by molar-refractivity contribution is 0.0518. The Hall–Kier alpha value is -2.31. The van der Waals surface area contributed by atoms with Crippen molar-refractivity contribution in [1.29, 1.82) is 0 Å². The van der Waals surface area contributed by atoms with Gasteiger partial charge in [0, 0.05) is 10.4 Å². The summed E-state index contributed by atoms with van der Waals surface area (Å²) in [6.45, 7) is 3.67. The summed E-state index contributed by atoms with van der Waals surface area (Å²) in [5, 5.41) is 0.963. The fraction of sp³-hybridized carbons (Fsp3) is 0.167. The van der Waals surface area contributed by atoms with Crippen molar-refractivity contribution < 1.29 is 17.9 Å². The summed E-state index contributed by atoms with van der Waals surface area (Å²) in [4.78, 5) is 12.4. The fourth-order valence-electron chi connectivity index (χ4n) is 2.57. The molecular formula is C18H16ClNO4S. The molecule has 3 aromatic rings. The summed E-state index contributed by atoms with van der Waals surface area (Å²) in [6, 6.07) is 12.8. The molecule has 3 rings (SSSR count). The van der Waals surface area contributed by atoms with Gasteiger partial charge in [-0.3, -0.25) is 0 Å². The molecule has 0 amide bonds. The SMILES string of the molecule is CCOC(=O)c1cc2ccc(Cl)cc2n1S(=O)(=O)c1ccc(C)cc1. The molecule has 0 spiro atoms. The standard InChI is InChI=1S/C18H16ClNO4S/c1-3-24-18(21)17-10-13-6-7-14(19)11-16(13)20(17)25(22,23)15-8-4-12(2)5-9-15/h4-11H,3H2,1-2H3. The van der Waals surface area contributed by atoms with Crippen LogP contribution in [-0.4, -0.2) is 25.0 Å². The first-order chi connectivity index (χ1) is 11.8. The molecule has 5 nitrogen and oxygen atoms in total. The van der Waals surface area contributed by atoms with Crippen molar-refractivity contribution in [2.24, 2.45) is 0 Å². The lowest BCUT2D eigenvalue weighted by atomic mass is 10.2. The number of hydrogen-bond donors (Lipinski definition) is 0.